The topological polar surface area (TPSA) is 98.1 Å². The Morgan fingerprint density at radius 1 is 1.40 bits per heavy atom. The zero-order valence-corrected chi connectivity index (χ0v) is 12.4. The van der Waals surface area contributed by atoms with Gasteiger partial charge in [0.15, 0.2) is 15.7 Å². The molecule has 2 rings (SSSR count). The van der Waals surface area contributed by atoms with E-state index in [1.54, 1.807) is 7.11 Å². The number of nitrogens with two attached hydrogens (primary N) is 1. The number of nitrogens with one attached hydrogen (secondary N) is 1. The predicted octanol–water partition coefficient (Wildman–Crippen LogP) is 1.52. The van der Waals surface area contributed by atoms with E-state index in [0.717, 1.165) is 11.1 Å². The number of ether oxygens (including phenoxy) is 1. The third-order valence-corrected chi connectivity index (χ3v) is 3.79. The van der Waals surface area contributed by atoms with Crippen LogP contribution >= 0.6 is 0 Å². The molecule has 0 spiro atoms. The van der Waals surface area contributed by atoms with Crippen LogP contribution in [0.5, 0.6) is 5.75 Å². The lowest BCUT2D eigenvalue weighted by Gasteiger charge is -2.08. The number of methoxy groups -OCH3 is 1. The molecule has 0 bridgehead atoms. The van der Waals surface area contributed by atoms with Gasteiger partial charge in [-0.2, -0.15) is 5.10 Å². The number of rotatable bonds is 4. The second kappa shape index (κ2) is 5.16. The number of aryl methyl sites for hydroxylation is 1. The number of anilines is 1. The minimum absolute atomic E-state index is 0.136. The van der Waals surface area contributed by atoms with Crippen molar-refractivity contribution >= 4 is 15.7 Å². The smallest absolute Gasteiger partial charge is 0.153 e. The van der Waals surface area contributed by atoms with Crippen molar-refractivity contribution in [1.29, 1.82) is 0 Å². The SMILES string of the molecule is COc1cc(-c2c(N)n[nH]c2CS(C)(=O)=O)ccc1C. The molecule has 0 aliphatic heterocycles. The fraction of sp³-hybridized carbons (Fsp3) is 0.308. The van der Waals surface area contributed by atoms with Crippen LogP contribution in [0.25, 0.3) is 11.1 Å². The van der Waals surface area contributed by atoms with E-state index in [-0.39, 0.29) is 11.6 Å². The van der Waals surface area contributed by atoms with Gasteiger partial charge in [0.2, 0.25) is 0 Å². The summed E-state index contributed by atoms with van der Waals surface area (Å²) in [6, 6.07) is 5.58. The Kier molecular flexibility index (Phi) is 3.71. The van der Waals surface area contributed by atoms with Gasteiger partial charge < -0.3 is 10.5 Å². The minimum atomic E-state index is -3.18. The van der Waals surface area contributed by atoms with Crippen molar-refractivity contribution in [2.24, 2.45) is 0 Å². The summed E-state index contributed by atoms with van der Waals surface area (Å²) in [6.45, 7) is 1.93. The number of hydrogen-bond donors (Lipinski definition) is 2. The Bertz CT molecular complexity index is 735. The van der Waals surface area contributed by atoms with Gasteiger partial charge in [-0.15, -0.1) is 0 Å². The average molecular weight is 295 g/mol. The van der Waals surface area contributed by atoms with Crippen LogP contribution in [0.3, 0.4) is 0 Å². The second-order valence-electron chi connectivity index (χ2n) is 4.72. The molecule has 6 nitrogen and oxygen atoms in total. The van der Waals surface area contributed by atoms with E-state index in [0.29, 0.717) is 17.0 Å². The van der Waals surface area contributed by atoms with Crippen molar-refractivity contribution < 1.29 is 13.2 Å². The number of nitrogens with zero attached hydrogens (tertiary/aromatic N) is 1. The molecule has 0 aliphatic rings. The molecule has 0 saturated carbocycles. The van der Waals surface area contributed by atoms with Gasteiger partial charge in [0, 0.05) is 11.8 Å². The van der Waals surface area contributed by atoms with Crippen molar-refractivity contribution in [3.05, 3.63) is 29.5 Å². The summed E-state index contributed by atoms with van der Waals surface area (Å²) in [6.07, 6.45) is 1.17. The summed E-state index contributed by atoms with van der Waals surface area (Å²) in [5.74, 6) is 0.853. The first kappa shape index (κ1) is 14.4. The number of nitrogen functional groups attached to an aromatic ring is 1. The molecule has 108 valence electrons. The largest absolute Gasteiger partial charge is 0.496 e. The first-order valence-corrected chi connectivity index (χ1v) is 8.03. The molecule has 1 aromatic carbocycles. The molecule has 0 saturated heterocycles. The number of sulfone groups is 1. The molecule has 3 N–H and O–H groups in total. The van der Waals surface area contributed by atoms with Gasteiger partial charge in [-0.3, -0.25) is 5.10 Å². The molecule has 0 radical (unpaired) electrons. The Hall–Kier alpha value is -2.02. The molecule has 20 heavy (non-hydrogen) atoms. The molecule has 1 aromatic heterocycles. The minimum Gasteiger partial charge on any atom is -0.496 e. The van der Waals surface area contributed by atoms with Gasteiger partial charge in [0.25, 0.3) is 0 Å². The lowest BCUT2D eigenvalue weighted by Crippen LogP contribution is -2.02. The van der Waals surface area contributed by atoms with E-state index in [2.05, 4.69) is 10.2 Å². The van der Waals surface area contributed by atoms with E-state index in [9.17, 15) is 8.42 Å². The Labute approximate surface area is 117 Å². The highest BCUT2D eigenvalue weighted by Crippen LogP contribution is 2.32. The molecule has 2 aromatic rings. The Morgan fingerprint density at radius 2 is 2.10 bits per heavy atom. The van der Waals surface area contributed by atoms with Gasteiger partial charge in [-0.25, -0.2) is 8.42 Å². The van der Waals surface area contributed by atoms with E-state index < -0.39 is 9.84 Å². The molecule has 1 heterocycles. The van der Waals surface area contributed by atoms with Gasteiger partial charge in [0.1, 0.15) is 5.75 Å². The maximum absolute atomic E-state index is 11.5. The monoisotopic (exact) mass is 295 g/mol. The molecule has 0 fully saturated rings. The van der Waals surface area contributed by atoms with Crippen LogP contribution in [0.15, 0.2) is 18.2 Å². The van der Waals surface area contributed by atoms with Crippen LogP contribution < -0.4 is 10.5 Å². The number of aromatic nitrogens is 2. The van der Waals surface area contributed by atoms with Crippen molar-refractivity contribution in [1.82, 2.24) is 10.2 Å². The summed E-state index contributed by atoms with van der Waals surface area (Å²) >= 11 is 0. The van der Waals surface area contributed by atoms with E-state index in [1.165, 1.54) is 6.26 Å². The standard InChI is InChI=1S/C13H17N3O3S/c1-8-4-5-9(6-11(8)19-2)12-10(7-20(3,17)18)15-16-13(12)14/h4-6H,7H2,1-3H3,(H3,14,15,16). The van der Waals surface area contributed by atoms with Gasteiger partial charge >= 0.3 is 0 Å². The van der Waals surface area contributed by atoms with Crippen LogP contribution in [0.1, 0.15) is 11.3 Å². The second-order valence-corrected chi connectivity index (χ2v) is 6.86. The highest BCUT2D eigenvalue weighted by Gasteiger charge is 2.17. The maximum atomic E-state index is 11.5. The highest BCUT2D eigenvalue weighted by atomic mass is 32.2. The number of hydrogen-bond acceptors (Lipinski definition) is 5. The number of benzene rings is 1. The summed E-state index contributed by atoms with van der Waals surface area (Å²) in [5.41, 5.74) is 8.70. The zero-order valence-electron chi connectivity index (χ0n) is 11.6. The first-order valence-electron chi connectivity index (χ1n) is 5.97. The summed E-state index contributed by atoms with van der Waals surface area (Å²) in [7, 11) is -1.59. The quantitative estimate of drug-likeness (QED) is 0.891. The lowest BCUT2D eigenvalue weighted by atomic mass is 10.0. The van der Waals surface area contributed by atoms with E-state index in [1.807, 2.05) is 25.1 Å². The third-order valence-electron chi connectivity index (χ3n) is 2.97. The van der Waals surface area contributed by atoms with Crippen molar-refractivity contribution in [2.75, 3.05) is 19.1 Å². The zero-order chi connectivity index (χ0) is 14.9. The van der Waals surface area contributed by atoms with Gasteiger partial charge in [0.05, 0.1) is 18.6 Å². The summed E-state index contributed by atoms with van der Waals surface area (Å²) in [5, 5.41) is 6.59. The van der Waals surface area contributed by atoms with Gasteiger partial charge in [-0.05, 0) is 24.1 Å². The van der Waals surface area contributed by atoms with Crippen LogP contribution in [-0.2, 0) is 15.6 Å². The molecule has 0 unspecified atom stereocenters. The maximum Gasteiger partial charge on any atom is 0.153 e. The fourth-order valence-electron chi connectivity index (χ4n) is 2.06. The Balaban J connectivity index is 2.55. The number of aromatic amines is 1. The summed E-state index contributed by atoms with van der Waals surface area (Å²) in [4.78, 5) is 0. The highest BCUT2D eigenvalue weighted by molar-refractivity contribution is 7.89. The normalized spacial score (nSPS) is 11.6. The fourth-order valence-corrected chi connectivity index (χ4v) is 2.79. The van der Waals surface area contributed by atoms with Crippen molar-refractivity contribution in [3.63, 3.8) is 0 Å². The molecule has 0 atom stereocenters. The Morgan fingerprint density at radius 3 is 2.70 bits per heavy atom. The van der Waals surface area contributed by atoms with E-state index in [4.69, 9.17) is 10.5 Å². The predicted molar refractivity (Wildman–Crippen MR) is 78.3 cm³/mol. The van der Waals surface area contributed by atoms with Crippen molar-refractivity contribution in [2.45, 2.75) is 12.7 Å². The summed E-state index contributed by atoms with van der Waals surface area (Å²) < 4.78 is 28.2. The van der Waals surface area contributed by atoms with Crippen LogP contribution in [0.2, 0.25) is 0 Å². The van der Waals surface area contributed by atoms with Crippen LogP contribution in [-0.4, -0.2) is 32.0 Å². The average Bonchev–Trinajstić information content (AvgIpc) is 2.69. The van der Waals surface area contributed by atoms with Crippen LogP contribution in [0.4, 0.5) is 5.82 Å². The van der Waals surface area contributed by atoms with Gasteiger partial charge in [-0.1, -0.05) is 12.1 Å². The molecule has 7 heteroatoms. The number of H-pyrrole nitrogens is 1. The lowest BCUT2D eigenvalue weighted by molar-refractivity contribution is 0.412. The molecule has 0 aliphatic carbocycles. The molecule has 0 amide bonds. The van der Waals surface area contributed by atoms with Crippen molar-refractivity contribution in [3.8, 4) is 16.9 Å². The van der Waals surface area contributed by atoms with Crippen LogP contribution in [0, 0.1) is 6.92 Å². The molecular weight excluding hydrogens is 278 g/mol. The molecular formula is C13H17N3O3S. The first-order chi connectivity index (χ1) is 9.31. The van der Waals surface area contributed by atoms with E-state index >= 15 is 0 Å². The third kappa shape index (κ3) is 2.93.